The number of carbonyl (C=O) groups excluding carboxylic acids is 1. The van der Waals surface area contributed by atoms with Crippen molar-refractivity contribution < 1.29 is 14.3 Å². The Bertz CT molecular complexity index is 1130. The maximum absolute atomic E-state index is 12.3. The molecule has 166 valence electrons. The SMILES string of the molecule is CCOc1cc(/C=C/C(=O)Nc2cc(Cl)cc(Cl)c2)cc(Br)c1OCc1ccccc1Cl. The van der Waals surface area contributed by atoms with Crippen molar-refractivity contribution in [2.45, 2.75) is 13.5 Å². The number of hydrogen-bond acceptors (Lipinski definition) is 3. The maximum atomic E-state index is 12.3. The molecular formula is C24H19BrCl3NO3. The molecule has 0 fully saturated rings. The normalized spacial score (nSPS) is 10.9. The molecule has 0 bridgehead atoms. The fourth-order valence-corrected chi connectivity index (χ4v) is 4.12. The molecule has 1 amide bonds. The molecule has 0 atom stereocenters. The largest absolute Gasteiger partial charge is 0.490 e. The predicted molar refractivity (Wildman–Crippen MR) is 135 cm³/mol. The number of rotatable bonds is 8. The minimum Gasteiger partial charge on any atom is -0.490 e. The van der Waals surface area contributed by atoms with E-state index in [2.05, 4.69) is 21.2 Å². The summed E-state index contributed by atoms with van der Waals surface area (Å²) < 4.78 is 12.4. The van der Waals surface area contributed by atoms with Gasteiger partial charge < -0.3 is 14.8 Å². The van der Waals surface area contributed by atoms with E-state index in [1.54, 1.807) is 30.3 Å². The van der Waals surface area contributed by atoms with E-state index in [1.807, 2.05) is 37.3 Å². The van der Waals surface area contributed by atoms with Gasteiger partial charge in [-0.1, -0.05) is 53.0 Å². The molecule has 1 N–H and O–H groups in total. The Hall–Kier alpha value is -2.18. The lowest BCUT2D eigenvalue weighted by molar-refractivity contribution is -0.111. The van der Waals surface area contributed by atoms with Crippen LogP contribution < -0.4 is 14.8 Å². The van der Waals surface area contributed by atoms with Crippen LogP contribution in [0.4, 0.5) is 5.69 Å². The lowest BCUT2D eigenvalue weighted by Gasteiger charge is -2.15. The van der Waals surface area contributed by atoms with Crippen LogP contribution in [0.5, 0.6) is 11.5 Å². The lowest BCUT2D eigenvalue weighted by Crippen LogP contribution is -2.07. The van der Waals surface area contributed by atoms with E-state index in [1.165, 1.54) is 6.08 Å². The van der Waals surface area contributed by atoms with Crippen molar-refractivity contribution in [3.05, 3.63) is 91.3 Å². The van der Waals surface area contributed by atoms with Crippen molar-refractivity contribution in [2.24, 2.45) is 0 Å². The van der Waals surface area contributed by atoms with E-state index in [0.717, 1.165) is 11.1 Å². The monoisotopic (exact) mass is 553 g/mol. The van der Waals surface area contributed by atoms with Gasteiger partial charge in [0.2, 0.25) is 5.91 Å². The second kappa shape index (κ2) is 11.6. The average molecular weight is 556 g/mol. The molecule has 8 heteroatoms. The van der Waals surface area contributed by atoms with E-state index in [-0.39, 0.29) is 12.5 Å². The zero-order chi connectivity index (χ0) is 23.1. The van der Waals surface area contributed by atoms with Gasteiger partial charge >= 0.3 is 0 Å². The highest BCUT2D eigenvalue weighted by Gasteiger charge is 2.13. The van der Waals surface area contributed by atoms with Gasteiger partial charge in [0.25, 0.3) is 0 Å². The molecule has 0 unspecified atom stereocenters. The summed E-state index contributed by atoms with van der Waals surface area (Å²) in [5, 5.41) is 4.24. The van der Waals surface area contributed by atoms with Gasteiger partial charge in [0, 0.05) is 32.4 Å². The molecule has 3 aromatic rings. The number of hydrogen-bond donors (Lipinski definition) is 1. The van der Waals surface area contributed by atoms with Crippen LogP contribution in [0, 0.1) is 0 Å². The topological polar surface area (TPSA) is 47.6 Å². The number of halogens is 4. The molecular weight excluding hydrogens is 537 g/mol. The Kier molecular flexibility index (Phi) is 8.88. The molecule has 0 heterocycles. The van der Waals surface area contributed by atoms with Gasteiger partial charge in [-0.25, -0.2) is 0 Å². The molecule has 0 saturated carbocycles. The smallest absolute Gasteiger partial charge is 0.248 e. The number of nitrogens with one attached hydrogen (secondary N) is 1. The van der Waals surface area contributed by atoms with Crippen LogP contribution in [0.15, 0.2) is 65.1 Å². The summed E-state index contributed by atoms with van der Waals surface area (Å²) in [6.45, 7) is 2.63. The number of anilines is 1. The zero-order valence-corrected chi connectivity index (χ0v) is 20.9. The summed E-state index contributed by atoms with van der Waals surface area (Å²) >= 11 is 21.7. The number of benzene rings is 3. The Labute approximate surface area is 210 Å². The van der Waals surface area contributed by atoms with E-state index < -0.39 is 0 Å². The van der Waals surface area contributed by atoms with Crippen LogP contribution in [0.1, 0.15) is 18.1 Å². The third kappa shape index (κ3) is 6.91. The van der Waals surface area contributed by atoms with Crippen molar-refractivity contribution in [1.82, 2.24) is 0 Å². The molecule has 0 aliphatic heterocycles. The van der Waals surface area contributed by atoms with Crippen molar-refractivity contribution in [3.63, 3.8) is 0 Å². The highest BCUT2D eigenvalue weighted by atomic mass is 79.9. The van der Waals surface area contributed by atoms with Crippen LogP contribution in [0.25, 0.3) is 6.08 Å². The Balaban J connectivity index is 1.75. The van der Waals surface area contributed by atoms with Crippen LogP contribution >= 0.6 is 50.7 Å². The van der Waals surface area contributed by atoms with Crippen molar-refractivity contribution in [2.75, 3.05) is 11.9 Å². The summed E-state index contributed by atoms with van der Waals surface area (Å²) in [5.74, 6) is 0.786. The Morgan fingerprint density at radius 3 is 2.44 bits per heavy atom. The van der Waals surface area contributed by atoms with Crippen LogP contribution in [-0.2, 0) is 11.4 Å². The molecule has 4 nitrogen and oxygen atoms in total. The predicted octanol–water partition coefficient (Wildman–Crippen LogP) is 8.04. The van der Waals surface area contributed by atoms with E-state index in [9.17, 15) is 4.79 Å². The van der Waals surface area contributed by atoms with Gasteiger partial charge in [0.15, 0.2) is 11.5 Å². The minimum atomic E-state index is -0.323. The molecule has 3 aromatic carbocycles. The van der Waals surface area contributed by atoms with Crippen molar-refractivity contribution >= 4 is 68.4 Å². The average Bonchev–Trinajstić information content (AvgIpc) is 2.72. The highest BCUT2D eigenvalue weighted by Crippen LogP contribution is 2.38. The van der Waals surface area contributed by atoms with Gasteiger partial charge in [-0.15, -0.1) is 0 Å². The van der Waals surface area contributed by atoms with Crippen LogP contribution in [-0.4, -0.2) is 12.5 Å². The molecule has 32 heavy (non-hydrogen) atoms. The van der Waals surface area contributed by atoms with Gasteiger partial charge in [0.05, 0.1) is 11.1 Å². The summed E-state index contributed by atoms with van der Waals surface area (Å²) in [5.41, 5.74) is 2.13. The second-order valence-corrected chi connectivity index (χ2v) is 8.76. The number of carbonyl (C=O) groups is 1. The van der Waals surface area contributed by atoms with Gasteiger partial charge in [0.1, 0.15) is 6.61 Å². The first kappa shape index (κ1) is 24.5. The van der Waals surface area contributed by atoms with Crippen LogP contribution in [0.3, 0.4) is 0 Å². The lowest BCUT2D eigenvalue weighted by atomic mass is 10.1. The minimum absolute atomic E-state index is 0.290. The third-order valence-corrected chi connectivity index (χ3v) is 5.61. The number of ether oxygens (including phenoxy) is 2. The summed E-state index contributed by atoms with van der Waals surface area (Å²) in [6.07, 6.45) is 3.09. The first-order valence-corrected chi connectivity index (χ1v) is 11.6. The fraction of sp³-hybridized carbons (Fsp3) is 0.125. The Morgan fingerprint density at radius 1 is 1.03 bits per heavy atom. The number of amides is 1. The second-order valence-electron chi connectivity index (χ2n) is 6.62. The maximum Gasteiger partial charge on any atom is 0.248 e. The molecule has 0 radical (unpaired) electrons. The quantitative estimate of drug-likeness (QED) is 0.286. The van der Waals surface area contributed by atoms with Gasteiger partial charge in [-0.3, -0.25) is 4.79 Å². The van der Waals surface area contributed by atoms with E-state index in [4.69, 9.17) is 44.3 Å². The first-order valence-electron chi connectivity index (χ1n) is 9.63. The van der Waals surface area contributed by atoms with Crippen LogP contribution in [0.2, 0.25) is 15.1 Å². The summed E-state index contributed by atoms with van der Waals surface area (Å²) in [4.78, 5) is 12.3. The molecule has 0 aliphatic carbocycles. The summed E-state index contributed by atoms with van der Waals surface area (Å²) in [7, 11) is 0. The highest BCUT2D eigenvalue weighted by molar-refractivity contribution is 9.10. The zero-order valence-electron chi connectivity index (χ0n) is 17.0. The first-order chi connectivity index (χ1) is 15.4. The molecule has 3 rings (SSSR count). The summed E-state index contributed by atoms with van der Waals surface area (Å²) in [6, 6.07) is 16.0. The fourth-order valence-electron chi connectivity index (χ4n) is 2.83. The third-order valence-electron chi connectivity index (χ3n) is 4.22. The van der Waals surface area contributed by atoms with Crippen molar-refractivity contribution in [3.8, 4) is 11.5 Å². The van der Waals surface area contributed by atoms with Gasteiger partial charge in [-0.2, -0.15) is 0 Å². The molecule has 0 spiro atoms. The van der Waals surface area contributed by atoms with E-state index >= 15 is 0 Å². The standard InChI is InChI=1S/C24H19BrCl3NO3/c1-2-31-22-10-15(7-8-23(30)29-19-12-17(26)11-18(27)13-19)9-20(25)24(22)32-14-16-5-3-4-6-21(16)28/h3-13H,2,14H2,1H3,(H,29,30)/b8-7+. The molecule has 0 aliphatic rings. The molecule has 0 saturated heterocycles. The van der Waals surface area contributed by atoms with Crippen molar-refractivity contribution in [1.29, 1.82) is 0 Å². The Morgan fingerprint density at radius 2 is 1.75 bits per heavy atom. The van der Waals surface area contributed by atoms with Gasteiger partial charge in [-0.05, 0) is 70.9 Å². The molecule has 0 aromatic heterocycles. The van der Waals surface area contributed by atoms with E-state index in [0.29, 0.717) is 43.3 Å².